The van der Waals surface area contributed by atoms with E-state index in [2.05, 4.69) is 21.3 Å². The number of nitrogens with zero attached hydrogens (tertiary/aromatic N) is 1. The van der Waals surface area contributed by atoms with Gasteiger partial charge in [0.05, 0.1) is 32.4 Å². The Morgan fingerprint density at radius 2 is 1.09 bits per heavy atom. The molecule has 12 nitrogen and oxygen atoms in total. The summed E-state index contributed by atoms with van der Waals surface area (Å²) in [5.41, 5.74) is 1.10. The van der Waals surface area contributed by atoms with Gasteiger partial charge in [0.1, 0.15) is 23.7 Å². The van der Waals surface area contributed by atoms with E-state index in [4.69, 9.17) is 9.47 Å². The number of morpholine rings is 1. The van der Waals surface area contributed by atoms with Crippen LogP contribution in [0.25, 0.3) is 0 Å². The molecule has 0 aliphatic carbocycles. The van der Waals surface area contributed by atoms with Gasteiger partial charge in [0.15, 0.2) is 5.78 Å². The van der Waals surface area contributed by atoms with Gasteiger partial charge in [-0.1, -0.05) is 88.4 Å². The lowest BCUT2D eigenvalue weighted by Crippen LogP contribution is -2.59. The van der Waals surface area contributed by atoms with E-state index >= 15 is 0 Å². The average Bonchev–Trinajstić information content (AvgIpc) is 3.89. The number of carbonyl (C=O) groups is 5. The molecule has 12 heteroatoms. The second-order valence-corrected chi connectivity index (χ2v) is 15.4. The normalized spacial score (nSPS) is 19.5. The molecule has 0 aromatic heterocycles. The van der Waals surface area contributed by atoms with E-state index in [9.17, 15) is 24.0 Å². The number of benzene rings is 2. The topological polar surface area (TPSA) is 158 Å². The van der Waals surface area contributed by atoms with E-state index in [0.29, 0.717) is 65.0 Å². The summed E-state index contributed by atoms with van der Waals surface area (Å²) in [7, 11) is 0. The Morgan fingerprint density at radius 1 is 0.660 bits per heavy atom. The number of aryl methyl sites for hydroxylation is 2. The number of epoxide rings is 1. The van der Waals surface area contributed by atoms with Crippen LogP contribution in [0.15, 0.2) is 60.7 Å². The molecule has 4 amide bonds. The Bertz CT molecular complexity index is 1490. The van der Waals surface area contributed by atoms with Crippen molar-refractivity contribution in [1.82, 2.24) is 26.2 Å². The van der Waals surface area contributed by atoms with Gasteiger partial charge >= 0.3 is 0 Å². The van der Waals surface area contributed by atoms with Crippen LogP contribution in [0, 0.1) is 11.8 Å². The first kappa shape index (κ1) is 41.6. The molecule has 4 rings (SSSR count). The van der Waals surface area contributed by atoms with Crippen molar-refractivity contribution in [2.75, 3.05) is 39.5 Å². The molecule has 0 saturated carbocycles. The van der Waals surface area contributed by atoms with E-state index < -0.39 is 47.5 Å². The minimum Gasteiger partial charge on any atom is -0.379 e. The minimum atomic E-state index is -0.980. The largest absolute Gasteiger partial charge is 0.379 e. The van der Waals surface area contributed by atoms with E-state index in [-0.39, 0.29) is 36.5 Å². The maximum absolute atomic E-state index is 14.1. The molecule has 2 aliphatic rings. The lowest BCUT2D eigenvalue weighted by molar-refractivity contribution is -0.135. The van der Waals surface area contributed by atoms with Gasteiger partial charge in [0.2, 0.25) is 23.6 Å². The van der Waals surface area contributed by atoms with Crippen molar-refractivity contribution < 1.29 is 33.4 Å². The van der Waals surface area contributed by atoms with Crippen LogP contribution in [-0.2, 0) is 46.3 Å². The Labute approximate surface area is 314 Å². The summed E-state index contributed by atoms with van der Waals surface area (Å²) < 4.78 is 10.8. The standard InChI is InChI=1S/C41H59N5O7/c1-28(2)24-34(37(48)41(5)27-53-41)44-39(50)33(19-17-31-14-10-7-11-15-31)43-40(51)35(25-29(3)4)45-38(49)32(18-16-30-12-8-6-9-13-30)42-36(47)26-46-20-22-52-23-21-46/h6-15,28-29,32-35H,16-27H2,1-5H3,(H,42,47)(H,43,51)(H,44,50)(H,45,49)/t32-,33+,34-,35+,41-/m0/s1. The number of Topliss-reactive ketones (excluding diaryl/α,β-unsaturated/α-hetero) is 1. The summed E-state index contributed by atoms with van der Waals surface area (Å²) in [5, 5.41) is 11.7. The second-order valence-electron chi connectivity index (χ2n) is 15.4. The lowest BCUT2D eigenvalue weighted by atomic mass is 9.93. The second kappa shape index (κ2) is 20.4. The minimum absolute atomic E-state index is 0.0219. The van der Waals surface area contributed by atoms with E-state index in [1.165, 1.54) is 0 Å². The quantitative estimate of drug-likeness (QED) is 0.143. The maximum Gasteiger partial charge on any atom is 0.243 e. The van der Waals surface area contributed by atoms with E-state index in [0.717, 1.165) is 11.1 Å². The third-order valence-electron chi connectivity index (χ3n) is 9.66. The molecule has 4 N–H and O–H groups in total. The maximum atomic E-state index is 14.1. The van der Waals surface area contributed by atoms with Crippen molar-refractivity contribution >= 4 is 29.4 Å². The SMILES string of the molecule is CC(C)C[C@H](NC(=O)[C@@H](CCc1ccccc1)NC(=O)[C@@H](CC(C)C)NC(=O)[C@H](CCc1ccccc1)NC(=O)CN1CCOCC1)C(=O)[C@]1(C)CO1. The van der Waals surface area contributed by atoms with E-state index in [1.54, 1.807) is 6.92 Å². The zero-order chi connectivity index (χ0) is 38.4. The molecule has 290 valence electrons. The van der Waals surface area contributed by atoms with Gasteiger partial charge in [-0.15, -0.1) is 0 Å². The predicted molar refractivity (Wildman–Crippen MR) is 203 cm³/mol. The van der Waals surface area contributed by atoms with Crippen molar-refractivity contribution in [2.24, 2.45) is 11.8 Å². The highest BCUT2D eigenvalue weighted by molar-refractivity contribution is 5.98. The molecule has 0 radical (unpaired) electrons. The molecule has 0 spiro atoms. The van der Waals surface area contributed by atoms with Crippen LogP contribution < -0.4 is 21.3 Å². The molecule has 2 aromatic carbocycles. The highest BCUT2D eigenvalue weighted by atomic mass is 16.6. The van der Waals surface area contributed by atoms with Crippen LogP contribution in [0.4, 0.5) is 0 Å². The van der Waals surface area contributed by atoms with Gasteiger partial charge in [-0.2, -0.15) is 0 Å². The first-order valence-electron chi connectivity index (χ1n) is 19.1. The van der Waals surface area contributed by atoms with Gasteiger partial charge in [-0.3, -0.25) is 28.9 Å². The van der Waals surface area contributed by atoms with Crippen LogP contribution in [-0.4, -0.2) is 104 Å². The first-order chi connectivity index (χ1) is 25.3. The van der Waals surface area contributed by atoms with Crippen LogP contribution >= 0.6 is 0 Å². The molecule has 0 bridgehead atoms. The summed E-state index contributed by atoms with van der Waals surface area (Å²) in [6.07, 6.45) is 2.38. The number of hydrogen-bond acceptors (Lipinski definition) is 8. The summed E-state index contributed by atoms with van der Waals surface area (Å²) in [5.74, 6) is -1.77. The van der Waals surface area contributed by atoms with E-state index in [1.807, 2.05) is 93.3 Å². The molecular weight excluding hydrogens is 674 g/mol. The Balaban J connectivity index is 1.50. The van der Waals surface area contributed by atoms with Crippen molar-refractivity contribution in [1.29, 1.82) is 0 Å². The third-order valence-corrected chi connectivity index (χ3v) is 9.66. The number of ketones is 1. The first-order valence-corrected chi connectivity index (χ1v) is 19.1. The third kappa shape index (κ3) is 14.0. The number of carbonyl (C=O) groups excluding carboxylic acids is 5. The van der Waals surface area contributed by atoms with Crippen molar-refractivity contribution in [3.05, 3.63) is 71.8 Å². The number of ether oxygens (including phenoxy) is 2. The smallest absolute Gasteiger partial charge is 0.243 e. The van der Waals surface area contributed by atoms with Gasteiger partial charge in [-0.25, -0.2) is 0 Å². The van der Waals surface area contributed by atoms with Crippen molar-refractivity contribution in [3.8, 4) is 0 Å². The molecule has 2 saturated heterocycles. The highest BCUT2D eigenvalue weighted by Gasteiger charge is 2.50. The zero-order valence-electron chi connectivity index (χ0n) is 32.0. The molecule has 2 aromatic rings. The van der Waals surface area contributed by atoms with Crippen LogP contribution in [0.3, 0.4) is 0 Å². The molecule has 2 fully saturated rings. The van der Waals surface area contributed by atoms with Gasteiger partial charge in [0.25, 0.3) is 0 Å². The number of amides is 4. The molecular formula is C41H59N5O7. The monoisotopic (exact) mass is 733 g/mol. The summed E-state index contributed by atoms with van der Waals surface area (Å²) >= 11 is 0. The zero-order valence-corrected chi connectivity index (χ0v) is 32.0. The number of hydrogen-bond donors (Lipinski definition) is 4. The van der Waals surface area contributed by atoms with Gasteiger partial charge in [-0.05, 0) is 68.4 Å². The van der Waals surface area contributed by atoms with Crippen molar-refractivity contribution in [3.63, 3.8) is 0 Å². The summed E-state index contributed by atoms with van der Waals surface area (Å²) in [6.45, 7) is 12.4. The lowest BCUT2D eigenvalue weighted by Gasteiger charge is -2.29. The highest BCUT2D eigenvalue weighted by Crippen LogP contribution is 2.29. The fraction of sp³-hybridized carbons (Fsp3) is 0.585. The number of nitrogens with one attached hydrogen (secondary N) is 4. The summed E-state index contributed by atoms with van der Waals surface area (Å²) in [4.78, 5) is 70.6. The fourth-order valence-corrected chi connectivity index (χ4v) is 6.49. The molecule has 5 atom stereocenters. The van der Waals surface area contributed by atoms with Gasteiger partial charge < -0.3 is 30.7 Å². The van der Waals surface area contributed by atoms with Crippen molar-refractivity contribution in [2.45, 2.75) is 103 Å². The molecule has 2 heterocycles. The Kier molecular flexibility index (Phi) is 16.0. The van der Waals surface area contributed by atoms with Crippen LogP contribution in [0.2, 0.25) is 0 Å². The Morgan fingerprint density at radius 3 is 1.58 bits per heavy atom. The average molecular weight is 734 g/mol. The molecule has 2 aliphatic heterocycles. The predicted octanol–water partition coefficient (Wildman–Crippen LogP) is 2.97. The molecule has 53 heavy (non-hydrogen) atoms. The van der Waals surface area contributed by atoms with Crippen LogP contribution in [0.1, 0.15) is 71.4 Å². The summed E-state index contributed by atoms with van der Waals surface area (Å²) in [6, 6.07) is 15.7. The van der Waals surface area contributed by atoms with Crippen LogP contribution in [0.5, 0.6) is 0 Å². The molecule has 0 unspecified atom stereocenters. The van der Waals surface area contributed by atoms with Gasteiger partial charge in [0, 0.05) is 13.1 Å². The number of rotatable bonds is 21. The fourth-order valence-electron chi connectivity index (χ4n) is 6.49. The Hall–Kier alpha value is -4.13.